The number of carbonyl (C=O) groups is 1. The molecular formula is C27H29FN6O2. The SMILES string of the molecule is C=C(C(CNC)=N/C(=C\C)Nc1ccc(-c2cnc3cc(F)ccn23)c2c1C(=O)NC2)[C@@H]1CCOC1. The van der Waals surface area contributed by atoms with E-state index in [4.69, 9.17) is 9.73 Å². The quantitative estimate of drug-likeness (QED) is 0.418. The number of pyridine rings is 1. The fourth-order valence-electron chi connectivity index (χ4n) is 4.73. The van der Waals surface area contributed by atoms with Crippen molar-refractivity contribution in [3.63, 3.8) is 0 Å². The molecule has 1 aromatic carbocycles. The molecule has 1 amide bonds. The van der Waals surface area contributed by atoms with E-state index in [1.165, 1.54) is 12.1 Å². The number of aliphatic imine (C=N–C) groups is 1. The minimum Gasteiger partial charge on any atom is -0.381 e. The van der Waals surface area contributed by atoms with Crippen LogP contribution in [0.3, 0.4) is 0 Å². The Labute approximate surface area is 209 Å². The van der Waals surface area contributed by atoms with Gasteiger partial charge in [0, 0.05) is 43.4 Å². The van der Waals surface area contributed by atoms with E-state index in [1.54, 1.807) is 12.4 Å². The molecule has 186 valence electrons. The van der Waals surface area contributed by atoms with Crippen LogP contribution in [0.15, 0.2) is 65.7 Å². The van der Waals surface area contributed by atoms with Crippen LogP contribution in [0.1, 0.15) is 29.3 Å². The van der Waals surface area contributed by atoms with E-state index in [0.29, 0.717) is 42.4 Å². The van der Waals surface area contributed by atoms with Gasteiger partial charge in [0.1, 0.15) is 17.3 Å². The lowest BCUT2D eigenvalue weighted by molar-refractivity contribution is 0.0966. The van der Waals surface area contributed by atoms with Crippen LogP contribution in [0.4, 0.5) is 10.1 Å². The molecule has 3 aromatic rings. The average Bonchev–Trinajstić information content (AvgIpc) is 3.63. The first-order chi connectivity index (χ1) is 17.5. The summed E-state index contributed by atoms with van der Waals surface area (Å²) >= 11 is 0. The normalized spacial score (nSPS) is 18.0. The number of aromatic nitrogens is 2. The first-order valence-electron chi connectivity index (χ1n) is 12.0. The van der Waals surface area contributed by atoms with Crippen LogP contribution < -0.4 is 16.0 Å². The average molecular weight is 489 g/mol. The number of hydrogen-bond donors (Lipinski definition) is 3. The molecule has 9 heteroatoms. The number of nitrogens with one attached hydrogen (secondary N) is 3. The Bertz CT molecular complexity index is 1400. The van der Waals surface area contributed by atoms with Gasteiger partial charge in [-0.25, -0.2) is 14.4 Å². The minimum atomic E-state index is -0.346. The highest BCUT2D eigenvalue weighted by atomic mass is 19.1. The van der Waals surface area contributed by atoms with Gasteiger partial charge in [0.25, 0.3) is 5.91 Å². The molecule has 1 saturated heterocycles. The molecule has 2 aliphatic rings. The predicted octanol–water partition coefficient (Wildman–Crippen LogP) is 3.91. The Morgan fingerprint density at radius 1 is 1.42 bits per heavy atom. The van der Waals surface area contributed by atoms with Gasteiger partial charge in [0.05, 0.1) is 35.5 Å². The highest BCUT2D eigenvalue weighted by molar-refractivity contribution is 6.06. The van der Waals surface area contributed by atoms with Gasteiger partial charge in [-0.15, -0.1) is 0 Å². The molecule has 4 heterocycles. The smallest absolute Gasteiger partial charge is 0.254 e. The number of benzene rings is 1. The number of halogens is 1. The molecule has 0 saturated carbocycles. The standard InChI is InChI=1S/C27H29FN6O2/c1-4-24(33-22(13-29-3)16(2)17-8-10-36-15-17)32-21-6-5-19(20-12-31-27(35)26(20)21)23-14-30-25-11-18(28)7-9-34(23)25/h4-7,9,11,14,17,29,32H,2,8,10,12-13,15H2,1,3H3,(H,31,35)/b24-4-,33-22?/t17-/m1/s1. The number of nitrogens with zero attached hydrogens (tertiary/aromatic N) is 3. The zero-order valence-corrected chi connectivity index (χ0v) is 20.4. The molecule has 5 rings (SSSR count). The summed E-state index contributed by atoms with van der Waals surface area (Å²) < 4.78 is 21.0. The van der Waals surface area contributed by atoms with Gasteiger partial charge in [0.15, 0.2) is 0 Å². The van der Waals surface area contributed by atoms with E-state index in [0.717, 1.165) is 41.1 Å². The molecule has 1 atom stereocenters. The number of hydrogen-bond acceptors (Lipinski definition) is 6. The largest absolute Gasteiger partial charge is 0.381 e. The molecule has 2 aromatic heterocycles. The van der Waals surface area contributed by atoms with E-state index in [9.17, 15) is 9.18 Å². The van der Waals surface area contributed by atoms with Crippen molar-refractivity contribution >= 4 is 23.0 Å². The fraction of sp³-hybridized carbons (Fsp3) is 0.296. The Hall–Kier alpha value is -3.82. The molecule has 0 bridgehead atoms. The van der Waals surface area contributed by atoms with Crippen molar-refractivity contribution in [1.29, 1.82) is 0 Å². The summed E-state index contributed by atoms with van der Waals surface area (Å²) in [7, 11) is 1.88. The van der Waals surface area contributed by atoms with E-state index in [-0.39, 0.29) is 17.6 Å². The Morgan fingerprint density at radius 3 is 3.03 bits per heavy atom. The fourth-order valence-corrected chi connectivity index (χ4v) is 4.73. The van der Waals surface area contributed by atoms with Crippen LogP contribution in [-0.4, -0.2) is 47.8 Å². The lowest BCUT2D eigenvalue weighted by Gasteiger charge is -2.17. The Balaban J connectivity index is 1.49. The van der Waals surface area contributed by atoms with Crippen LogP contribution in [-0.2, 0) is 11.3 Å². The number of imidazole rings is 1. The molecule has 3 N–H and O–H groups in total. The number of amides is 1. The van der Waals surface area contributed by atoms with Gasteiger partial charge < -0.3 is 20.7 Å². The third-order valence-corrected chi connectivity index (χ3v) is 6.65. The van der Waals surface area contributed by atoms with Crippen molar-refractivity contribution in [1.82, 2.24) is 20.0 Å². The highest BCUT2D eigenvalue weighted by Crippen LogP contribution is 2.35. The monoisotopic (exact) mass is 488 g/mol. The van der Waals surface area contributed by atoms with Gasteiger partial charge in [0.2, 0.25) is 0 Å². The van der Waals surface area contributed by atoms with Gasteiger partial charge in [-0.1, -0.05) is 12.6 Å². The molecule has 0 radical (unpaired) electrons. The van der Waals surface area contributed by atoms with Crippen LogP contribution in [0.2, 0.25) is 0 Å². The summed E-state index contributed by atoms with van der Waals surface area (Å²) in [6.07, 6.45) is 6.16. The third kappa shape index (κ3) is 4.43. The second kappa shape index (κ2) is 10.0. The van der Waals surface area contributed by atoms with Crippen molar-refractivity contribution in [2.75, 3.05) is 32.1 Å². The second-order valence-electron chi connectivity index (χ2n) is 8.89. The maximum absolute atomic E-state index is 13.7. The molecule has 0 unspecified atom stereocenters. The number of allylic oxidation sites excluding steroid dienone is 1. The molecule has 8 nitrogen and oxygen atoms in total. The predicted molar refractivity (Wildman–Crippen MR) is 139 cm³/mol. The van der Waals surface area contributed by atoms with Crippen LogP contribution in [0.25, 0.3) is 16.9 Å². The van der Waals surface area contributed by atoms with Crippen LogP contribution >= 0.6 is 0 Å². The number of anilines is 1. The van der Waals surface area contributed by atoms with Crippen LogP contribution in [0.5, 0.6) is 0 Å². The Morgan fingerprint density at radius 2 is 2.28 bits per heavy atom. The molecular weight excluding hydrogens is 459 g/mol. The number of fused-ring (bicyclic) bond motifs is 2. The molecule has 2 aliphatic heterocycles. The van der Waals surface area contributed by atoms with E-state index >= 15 is 0 Å². The topological polar surface area (TPSA) is 92.0 Å². The number of ether oxygens (including phenoxy) is 1. The van der Waals surface area contributed by atoms with Gasteiger partial charge >= 0.3 is 0 Å². The lowest BCUT2D eigenvalue weighted by Crippen LogP contribution is -2.24. The second-order valence-corrected chi connectivity index (χ2v) is 8.89. The summed E-state index contributed by atoms with van der Waals surface area (Å²) in [5.41, 5.74) is 6.07. The van der Waals surface area contributed by atoms with E-state index < -0.39 is 0 Å². The summed E-state index contributed by atoms with van der Waals surface area (Å²) in [5, 5.41) is 9.45. The summed E-state index contributed by atoms with van der Waals surface area (Å²) in [6, 6.07) is 6.60. The first kappa shape index (κ1) is 23.9. The van der Waals surface area contributed by atoms with Gasteiger partial charge in [-0.05, 0) is 49.7 Å². The molecule has 0 spiro atoms. The van der Waals surface area contributed by atoms with Crippen LogP contribution in [0, 0.1) is 11.7 Å². The zero-order valence-electron chi connectivity index (χ0n) is 20.4. The van der Waals surface area contributed by atoms with Crippen molar-refractivity contribution in [3.8, 4) is 11.3 Å². The third-order valence-electron chi connectivity index (χ3n) is 6.65. The van der Waals surface area contributed by atoms with E-state index in [1.807, 2.05) is 36.6 Å². The lowest BCUT2D eigenvalue weighted by atomic mass is 9.95. The summed E-state index contributed by atoms with van der Waals surface area (Å²) in [5.74, 6) is 0.377. The van der Waals surface area contributed by atoms with Crippen molar-refractivity contribution in [2.45, 2.75) is 19.9 Å². The minimum absolute atomic E-state index is 0.156. The van der Waals surface area contributed by atoms with Gasteiger partial charge in [-0.2, -0.15) is 0 Å². The summed E-state index contributed by atoms with van der Waals surface area (Å²) in [4.78, 5) is 22.1. The molecule has 1 fully saturated rings. The molecule has 36 heavy (non-hydrogen) atoms. The van der Waals surface area contributed by atoms with Gasteiger partial charge in [-0.3, -0.25) is 9.20 Å². The number of rotatable bonds is 8. The maximum atomic E-state index is 13.7. The van der Waals surface area contributed by atoms with Crippen molar-refractivity contribution in [2.24, 2.45) is 10.9 Å². The molecule has 0 aliphatic carbocycles. The maximum Gasteiger partial charge on any atom is 0.254 e. The summed E-state index contributed by atoms with van der Waals surface area (Å²) in [6.45, 7) is 8.55. The van der Waals surface area contributed by atoms with Crippen molar-refractivity contribution < 1.29 is 13.9 Å². The first-order valence-corrected chi connectivity index (χ1v) is 12.0. The Kier molecular flexibility index (Phi) is 6.67. The zero-order chi connectivity index (χ0) is 25.2. The van der Waals surface area contributed by atoms with Crippen molar-refractivity contribution in [3.05, 3.63) is 77.7 Å². The van der Waals surface area contributed by atoms with E-state index in [2.05, 4.69) is 27.5 Å². The number of carbonyl (C=O) groups excluding carboxylic acids is 1. The highest BCUT2D eigenvalue weighted by Gasteiger charge is 2.28.